The Labute approximate surface area is 215 Å². The number of benzene rings is 2. The van der Waals surface area contributed by atoms with Crippen molar-refractivity contribution in [3.05, 3.63) is 82.3 Å². The summed E-state index contributed by atoms with van der Waals surface area (Å²) in [5.74, 6) is -0.416. The topological polar surface area (TPSA) is 109 Å². The van der Waals surface area contributed by atoms with Crippen LogP contribution in [0.1, 0.15) is 15.9 Å². The summed E-state index contributed by atoms with van der Waals surface area (Å²) in [5.41, 5.74) is 5.59. The van der Waals surface area contributed by atoms with Gasteiger partial charge in [0, 0.05) is 49.1 Å². The molecule has 1 saturated heterocycles. The highest BCUT2D eigenvalue weighted by atomic mass is 19.4. The summed E-state index contributed by atoms with van der Waals surface area (Å²) >= 11 is 0. The largest absolute Gasteiger partial charge is 0.416 e. The lowest BCUT2D eigenvalue weighted by Gasteiger charge is -2.32. The molecule has 3 heterocycles. The maximum atomic E-state index is 13.7. The molecule has 1 aliphatic heterocycles. The van der Waals surface area contributed by atoms with E-state index in [-0.39, 0.29) is 22.8 Å². The SMILES string of the molecule is CN1CCN(C(=O)c2cc3cnc(Nc4cccc(C(F)(F)F)c4)nc3n(-c3cccc(N)c3)c2=O)CC1. The van der Waals surface area contributed by atoms with Gasteiger partial charge in [-0.2, -0.15) is 18.2 Å². The Balaban J connectivity index is 1.62. The number of rotatable bonds is 4. The third-order valence-electron chi connectivity index (χ3n) is 6.34. The Hall–Kier alpha value is -4.45. The van der Waals surface area contributed by atoms with Gasteiger partial charge in [0.2, 0.25) is 5.95 Å². The highest BCUT2D eigenvalue weighted by molar-refractivity contribution is 5.97. The van der Waals surface area contributed by atoms with Crippen LogP contribution < -0.4 is 16.6 Å². The van der Waals surface area contributed by atoms with E-state index in [1.165, 1.54) is 29.0 Å². The smallest absolute Gasteiger partial charge is 0.399 e. The van der Waals surface area contributed by atoms with Gasteiger partial charge in [-0.1, -0.05) is 12.1 Å². The molecule has 4 aromatic rings. The lowest BCUT2D eigenvalue weighted by atomic mass is 10.1. The number of nitrogens with two attached hydrogens (primary N) is 1. The van der Waals surface area contributed by atoms with Gasteiger partial charge in [-0.15, -0.1) is 0 Å². The van der Waals surface area contributed by atoms with Crippen molar-refractivity contribution in [1.82, 2.24) is 24.3 Å². The van der Waals surface area contributed by atoms with Gasteiger partial charge in [0.25, 0.3) is 11.5 Å². The Bertz CT molecular complexity index is 1580. The molecule has 3 N–H and O–H groups in total. The van der Waals surface area contributed by atoms with Gasteiger partial charge in [-0.25, -0.2) is 4.98 Å². The minimum Gasteiger partial charge on any atom is -0.399 e. The number of hydrogen-bond acceptors (Lipinski definition) is 7. The standard InChI is InChI=1S/C26H24F3N7O2/c1-34-8-10-35(11-9-34)23(37)21-12-16-15-31-25(32-19-6-2-4-17(13-19)26(27,28)29)33-22(16)36(24(21)38)20-7-3-5-18(30)14-20/h2-7,12-15H,8-11,30H2,1H3,(H,31,32,33). The van der Waals surface area contributed by atoms with Gasteiger partial charge in [0.15, 0.2) is 5.65 Å². The molecular weight excluding hydrogens is 499 g/mol. The number of nitrogen functional groups attached to an aromatic ring is 1. The van der Waals surface area contributed by atoms with Gasteiger partial charge in [-0.3, -0.25) is 14.2 Å². The van der Waals surface area contributed by atoms with E-state index in [0.29, 0.717) is 42.9 Å². The summed E-state index contributed by atoms with van der Waals surface area (Å²) in [5, 5.41) is 3.17. The number of nitrogens with one attached hydrogen (secondary N) is 1. The minimum atomic E-state index is -4.51. The van der Waals surface area contributed by atoms with Crippen molar-refractivity contribution < 1.29 is 18.0 Å². The van der Waals surface area contributed by atoms with Crippen molar-refractivity contribution in [2.75, 3.05) is 44.3 Å². The number of fused-ring (bicyclic) bond motifs is 1. The normalized spacial score (nSPS) is 14.6. The minimum absolute atomic E-state index is 0.0213. The Morgan fingerprint density at radius 3 is 2.47 bits per heavy atom. The average molecular weight is 524 g/mol. The van der Waals surface area contributed by atoms with Gasteiger partial charge in [0.05, 0.1) is 11.3 Å². The molecule has 0 radical (unpaired) electrons. The lowest BCUT2D eigenvalue weighted by molar-refractivity contribution is -0.137. The van der Waals surface area contributed by atoms with Crippen LogP contribution in [0, 0.1) is 0 Å². The molecule has 2 aromatic carbocycles. The Morgan fingerprint density at radius 1 is 1.03 bits per heavy atom. The van der Waals surface area contributed by atoms with Crippen molar-refractivity contribution in [2.45, 2.75) is 6.18 Å². The average Bonchev–Trinajstić information content (AvgIpc) is 2.88. The molecule has 0 aliphatic carbocycles. The first-order chi connectivity index (χ1) is 18.1. The maximum Gasteiger partial charge on any atom is 0.416 e. The molecule has 0 unspecified atom stereocenters. The number of aromatic nitrogens is 3. The van der Waals surface area contributed by atoms with E-state index in [0.717, 1.165) is 12.1 Å². The fourth-order valence-electron chi connectivity index (χ4n) is 4.30. The third kappa shape index (κ3) is 5.02. The predicted molar refractivity (Wildman–Crippen MR) is 138 cm³/mol. The van der Waals surface area contributed by atoms with Gasteiger partial charge in [0.1, 0.15) is 5.56 Å². The van der Waals surface area contributed by atoms with Crippen LogP contribution in [0.5, 0.6) is 0 Å². The monoisotopic (exact) mass is 523 g/mol. The zero-order valence-electron chi connectivity index (χ0n) is 20.4. The van der Waals surface area contributed by atoms with Crippen LogP contribution in [0.4, 0.5) is 30.5 Å². The molecular formula is C26H24F3N7O2. The second kappa shape index (κ2) is 9.78. The summed E-state index contributed by atoms with van der Waals surface area (Å²) in [4.78, 5) is 39.5. The highest BCUT2D eigenvalue weighted by Gasteiger charge is 2.30. The number of carbonyl (C=O) groups is 1. The lowest BCUT2D eigenvalue weighted by Crippen LogP contribution is -2.48. The van der Waals surface area contributed by atoms with E-state index in [9.17, 15) is 22.8 Å². The first kappa shape index (κ1) is 25.2. The summed E-state index contributed by atoms with van der Waals surface area (Å²) in [6, 6.07) is 12.6. The molecule has 9 nitrogen and oxygen atoms in total. The van der Waals surface area contributed by atoms with E-state index >= 15 is 0 Å². The van der Waals surface area contributed by atoms with Crippen LogP contribution >= 0.6 is 0 Å². The summed E-state index contributed by atoms with van der Waals surface area (Å²) < 4.78 is 40.7. The van der Waals surface area contributed by atoms with Crippen LogP contribution in [0.25, 0.3) is 16.7 Å². The molecule has 196 valence electrons. The number of amides is 1. The van der Waals surface area contributed by atoms with E-state index in [1.54, 1.807) is 29.2 Å². The second-order valence-electron chi connectivity index (χ2n) is 9.07. The van der Waals surface area contributed by atoms with E-state index in [4.69, 9.17) is 5.73 Å². The number of alkyl halides is 3. The van der Waals surface area contributed by atoms with Crippen LogP contribution in [0.2, 0.25) is 0 Å². The van der Waals surface area contributed by atoms with Crippen LogP contribution in [-0.4, -0.2) is 63.5 Å². The molecule has 1 fully saturated rings. The van der Waals surface area contributed by atoms with Crippen LogP contribution in [-0.2, 0) is 6.18 Å². The Morgan fingerprint density at radius 2 is 1.76 bits per heavy atom. The molecule has 0 spiro atoms. The number of hydrogen-bond donors (Lipinski definition) is 2. The van der Waals surface area contributed by atoms with E-state index < -0.39 is 23.2 Å². The van der Waals surface area contributed by atoms with E-state index in [1.807, 2.05) is 7.05 Å². The summed E-state index contributed by atoms with van der Waals surface area (Å²) in [7, 11) is 1.97. The molecule has 1 aliphatic rings. The van der Waals surface area contributed by atoms with Crippen molar-refractivity contribution in [3.8, 4) is 5.69 Å². The van der Waals surface area contributed by atoms with Crippen molar-refractivity contribution in [2.24, 2.45) is 0 Å². The molecule has 1 amide bonds. The van der Waals surface area contributed by atoms with Crippen LogP contribution in [0.15, 0.2) is 65.6 Å². The van der Waals surface area contributed by atoms with Crippen LogP contribution in [0.3, 0.4) is 0 Å². The van der Waals surface area contributed by atoms with Gasteiger partial charge >= 0.3 is 6.18 Å². The summed E-state index contributed by atoms with van der Waals surface area (Å²) in [6.07, 6.45) is -3.09. The number of anilines is 3. The molecule has 0 bridgehead atoms. The van der Waals surface area contributed by atoms with E-state index in [2.05, 4.69) is 20.2 Å². The maximum absolute atomic E-state index is 13.7. The predicted octanol–water partition coefficient (Wildman–Crippen LogP) is 3.51. The van der Waals surface area contributed by atoms with Crippen molar-refractivity contribution in [1.29, 1.82) is 0 Å². The number of nitrogens with zero attached hydrogens (tertiary/aromatic N) is 5. The third-order valence-corrected chi connectivity index (χ3v) is 6.34. The fourth-order valence-corrected chi connectivity index (χ4v) is 4.30. The zero-order valence-corrected chi connectivity index (χ0v) is 20.4. The molecule has 2 aromatic heterocycles. The zero-order chi connectivity index (χ0) is 27.0. The number of likely N-dealkylation sites (N-methyl/N-ethyl adjacent to an activating group) is 1. The second-order valence-corrected chi connectivity index (χ2v) is 9.07. The van der Waals surface area contributed by atoms with Crippen molar-refractivity contribution in [3.63, 3.8) is 0 Å². The number of carbonyl (C=O) groups excluding carboxylic acids is 1. The highest BCUT2D eigenvalue weighted by Crippen LogP contribution is 2.31. The molecule has 5 rings (SSSR count). The molecule has 38 heavy (non-hydrogen) atoms. The first-order valence-corrected chi connectivity index (χ1v) is 11.8. The van der Waals surface area contributed by atoms with Crippen molar-refractivity contribution >= 4 is 34.3 Å². The quantitative estimate of drug-likeness (QED) is 0.394. The molecule has 0 atom stereocenters. The molecule has 0 saturated carbocycles. The fraction of sp³-hybridized carbons (Fsp3) is 0.231. The van der Waals surface area contributed by atoms with Gasteiger partial charge in [-0.05, 0) is 49.5 Å². The number of halogens is 3. The number of piperazine rings is 1. The first-order valence-electron chi connectivity index (χ1n) is 11.8. The number of pyridine rings is 1. The van der Waals surface area contributed by atoms with Gasteiger partial charge < -0.3 is 20.9 Å². The molecule has 12 heteroatoms. The Kier molecular flexibility index (Phi) is 6.49. The summed E-state index contributed by atoms with van der Waals surface area (Å²) in [6.45, 7) is 2.36.